The van der Waals surface area contributed by atoms with Crippen molar-refractivity contribution < 1.29 is 18.4 Å². The van der Waals surface area contributed by atoms with Gasteiger partial charge in [-0.2, -0.15) is 0 Å². The minimum absolute atomic E-state index is 0.0701. The quantitative estimate of drug-likeness (QED) is 0.840. The van der Waals surface area contributed by atoms with Crippen LogP contribution in [0.25, 0.3) is 0 Å². The molecule has 1 aromatic carbocycles. The summed E-state index contributed by atoms with van der Waals surface area (Å²) < 4.78 is 26.2. The fourth-order valence-electron chi connectivity index (χ4n) is 2.91. The third kappa shape index (κ3) is 5.59. The van der Waals surface area contributed by atoms with E-state index in [1.165, 1.54) is 0 Å². The molecular weight excluding hydrogens is 304 g/mol. The lowest BCUT2D eigenvalue weighted by Crippen LogP contribution is -2.43. The summed E-state index contributed by atoms with van der Waals surface area (Å²) in [5, 5.41) is 2.48. The minimum atomic E-state index is -0.738. The summed E-state index contributed by atoms with van der Waals surface area (Å²) in [6.07, 6.45) is 3.43. The van der Waals surface area contributed by atoms with E-state index in [-0.39, 0.29) is 36.4 Å². The number of carbonyl (C=O) groups excluding carboxylic acids is 2. The van der Waals surface area contributed by atoms with E-state index in [0.29, 0.717) is 6.54 Å². The Kier molecular flexibility index (Phi) is 6.04. The molecule has 2 amide bonds. The van der Waals surface area contributed by atoms with E-state index in [4.69, 9.17) is 5.73 Å². The van der Waals surface area contributed by atoms with Crippen LogP contribution in [0.4, 0.5) is 14.5 Å². The monoisotopic (exact) mass is 325 g/mol. The molecule has 0 spiro atoms. The second-order valence-corrected chi connectivity index (χ2v) is 5.81. The number of likely N-dealkylation sites (tertiary alicyclic amines) is 1. The number of hydrogen-bond acceptors (Lipinski definition) is 3. The Morgan fingerprint density at radius 2 is 1.91 bits per heavy atom. The van der Waals surface area contributed by atoms with Crippen molar-refractivity contribution in [2.75, 3.05) is 18.4 Å². The molecule has 126 valence electrons. The van der Waals surface area contributed by atoms with Crippen LogP contribution in [0.2, 0.25) is 0 Å². The molecule has 1 heterocycles. The van der Waals surface area contributed by atoms with Gasteiger partial charge in [0.1, 0.15) is 11.6 Å². The normalized spacial score (nSPS) is 18.6. The molecular formula is C16H21F2N3O2. The van der Waals surface area contributed by atoms with Crippen molar-refractivity contribution in [3.8, 4) is 0 Å². The van der Waals surface area contributed by atoms with E-state index in [2.05, 4.69) is 10.2 Å². The van der Waals surface area contributed by atoms with Crippen molar-refractivity contribution in [3.63, 3.8) is 0 Å². The van der Waals surface area contributed by atoms with E-state index >= 15 is 0 Å². The molecule has 0 aliphatic carbocycles. The van der Waals surface area contributed by atoms with Crippen LogP contribution in [-0.4, -0.2) is 35.8 Å². The van der Waals surface area contributed by atoms with E-state index in [1.54, 1.807) is 0 Å². The van der Waals surface area contributed by atoms with Gasteiger partial charge in [0.15, 0.2) is 0 Å². The maximum atomic E-state index is 13.1. The average Bonchev–Trinajstić information content (AvgIpc) is 2.44. The summed E-state index contributed by atoms with van der Waals surface area (Å²) in [4.78, 5) is 25.1. The molecule has 5 nitrogen and oxygen atoms in total. The lowest BCUT2D eigenvalue weighted by atomic mass is 9.99. The Morgan fingerprint density at radius 1 is 1.22 bits per heavy atom. The van der Waals surface area contributed by atoms with Crippen molar-refractivity contribution in [2.24, 2.45) is 5.73 Å². The summed E-state index contributed by atoms with van der Waals surface area (Å²) in [5.74, 6) is -2.14. The second-order valence-electron chi connectivity index (χ2n) is 5.81. The van der Waals surface area contributed by atoms with Gasteiger partial charge in [0.25, 0.3) is 0 Å². The Labute approximate surface area is 133 Å². The van der Waals surface area contributed by atoms with Gasteiger partial charge in [0, 0.05) is 37.2 Å². The summed E-state index contributed by atoms with van der Waals surface area (Å²) >= 11 is 0. The van der Waals surface area contributed by atoms with Gasteiger partial charge in [-0.15, -0.1) is 0 Å². The van der Waals surface area contributed by atoms with Gasteiger partial charge < -0.3 is 11.1 Å². The first-order valence-corrected chi connectivity index (χ1v) is 7.72. The van der Waals surface area contributed by atoms with Crippen molar-refractivity contribution in [1.82, 2.24) is 4.90 Å². The van der Waals surface area contributed by atoms with E-state index in [0.717, 1.165) is 44.0 Å². The van der Waals surface area contributed by atoms with Gasteiger partial charge in [-0.1, -0.05) is 6.42 Å². The van der Waals surface area contributed by atoms with Crippen LogP contribution >= 0.6 is 0 Å². The molecule has 3 N–H and O–H groups in total. The zero-order chi connectivity index (χ0) is 16.8. The van der Waals surface area contributed by atoms with Gasteiger partial charge in [0.05, 0.1) is 0 Å². The molecule has 1 aliphatic heterocycles. The first-order valence-electron chi connectivity index (χ1n) is 7.72. The molecule has 1 atom stereocenters. The topological polar surface area (TPSA) is 75.4 Å². The van der Waals surface area contributed by atoms with Gasteiger partial charge in [-0.3, -0.25) is 14.5 Å². The van der Waals surface area contributed by atoms with Crippen LogP contribution in [0.3, 0.4) is 0 Å². The number of halogens is 2. The molecule has 1 aliphatic rings. The predicted molar refractivity (Wildman–Crippen MR) is 82.6 cm³/mol. The molecule has 0 saturated carbocycles. The highest BCUT2D eigenvalue weighted by Crippen LogP contribution is 2.20. The Bertz CT molecular complexity index is 560. The number of benzene rings is 1. The smallest absolute Gasteiger partial charge is 0.225 e. The van der Waals surface area contributed by atoms with Crippen LogP contribution in [-0.2, 0) is 9.59 Å². The largest absolute Gasteiger partial charge is 0.370 e. The van der Waals surface area contributed by atoms with Crippen molar-refractivity contribution in [1.29, 1.82) is 0 Å². The van der Waals surface area contributed by atoms with Crippen molar-refractivity contribution >= 4 is 17.5 Å². The van der Waals surface area contributed by atoms with Crippen molar-refractivity contribution in [3.05, 3.63) is 29.8 Å². The van der Waals surface area contributed by atoms with Gasteiger partial charge in [0.2, 0.25) is 11.8 Å². The van der Waals surface area contributed by atoms with Crippen LogP contribution < -0.4 is 11.1 Å². The molecule has 7 heteroatoms. The molecule has 1 aromatic rings. The second kappa shape index (κ2) is 8.01. The first kappa shape index (κ1) is 17.3. The summed E-state index contributed by atoms with van der Waals surface area (Å²) in [7, 11) is 0. The van der Waals surface area contributed by atoms with Crippen LogP contribution in [0.5, 0.6) is 0 Å². The van der Waals surface area contributed by atoms with Crippen LogP contribution in [0.15, 0.2) is 18.2 Å². The highest BCUT2D eigenvalue weighted by atomic mass is 19.1. The number of amides is 2. The standard InChI is InChI=1S/C16H21F2N3O2/c17-11-7-12(18)9-13(8-11)20-16(23)4-6-21-5-2-1-3-14(21)10-15(19)22/h7-9,14H,1-6,10H2,(H2,19,22)(H,20,23)/t14-/m1/s1. The summed E-state index contributed by atoms with van der Waals surface area (Å²) in [6.45, 7) is 1.31. The molecule has 23 heavy (non-hydrogen) atoms. The third-order valence-corrected chi connectivity index (χ3v) is 3.96. The number of primary amides is 1. The maximum Gasteiger partial charge on any atom is 0.225 e. The molecule has 0 radical (unpaired) electrons. The number of rotatable bonds is 6. The van der Waals surface area contributed by atoms with E-state index in [9.17, 15) is 18.4 Å². The van der Waals surface area contributed by atoms with Gasteiger partial charge in [-0.25, -0.2) is 8.78 Å². The fraction of sp³-hybridized carbons (Fsp3) is 0.500. The Balaban J connectivity index is 1.86. The highest BCUT2D eigenvalue weighted by Gasteiger charge is 2.24. The molecule has 1 saturated heterocycles. The number of nitrogens with zero attached hydrogens (tertiary/aromatic N) is 1. The predicted octanol–water partition coefficient (Wildman–Crippen LogP) is 2.02. The number of carbonyl (C=O) groups is 2. The molecule has 2 rings (SSSR count). The van der Waals surface area contributed by atoms with E-state index < -0.39 is 11.6 Å². The maximum absolute atomic E-state index is 13.1. The lowest BCUT2D eigenvalue weighted by molar-refractivity contribution is -0.119. The number of nitrogens with one attached hydrogen (secondary N) is 1. The molecule has 0 aromatic heterocycles. The zero-order valence-corrected chi connectivity index (χ0v) is 12.9. The average molecular weight is 325 g/mol. The molecule has 0 bridgehead atoms. The third-order valence-electron chi connectivity index (χ3n) is 3.96. The van der Waals surface area contributed by atoms with Gasteiger partial charge in [-0.05, 0) is 31.5 Å². The summed E-state index contributed by atoms with van der Waals surface area (Å²) in [6, 6.07) is 2.95. The van der Waals surface area contributed by atoms with E-state index in [1.807, 2.05) is 0 Å². The Morgan fingerprint density at radius 3 is 2.57 bits per heavy atom. The van der Waals surface area contributed by atoms with Gasteiger partial charge >= 0.3 is 0 Å². The minimum Gasteiger partial charge on any atom is -0.370 e. The number of hydrogen-bond donors (Lipinski definition) is 2. The number of anilines is 1. The number of nitrogens with two attached hydrogens (primary N) is 1. The first-order chi connectivity index (χ1) is 10.9. The highest BCUT2D eigenvalue weighted by molar-refractivity contribution is 5.90. The SMILES string of the molecule is NC(=O)C[C@H]1CCCCN1CCC(=O)Nc1cc(F)cc(F)c1. The Hall–Kier alpha value is -2.02. The zero-order valence-electron chi connectivity index (χ0n) is 12.9. The molecule has 0 unspecified atom stereocenters. The number of piperidine rings is 1. The fourth-order valence-corrected chi connectivity index (χ4v) is 2.91. The summed E-state index contributed by atoms with van der Waals surface area (Å²) in [5.41, 5.74) is 5.35. The molecule has 1 fully saturated rings. The van der Waals surface area contributed by atoms with Crippen molar-refractivity contribution in [2.45, 2.75) is 38.1 Å². The van der Waals surface area contributed by atoms with Crippen LogP contribution in [0, 0.1) is 11.6 Å². The van der Waals surface area contributed by atoms with Crippen LogP contribution in [0.1, 0.15) is 32.1 Å². The lowest BCUT2D eigenvalue weighted by Gasteiger charge is -2.34.